The van der Waals surface area contributed by atoms with Crippen molar-refractivity contribution in [2.75, 3.05) is 6.61 Å². The zero-order chi connectivity index (χ0) is 24.5. The number of benzene rings is 2. The van der Waals surface area contributed by atoms with Crippen molar-refractivity contribution in [2.45, 2.75) is 64.0 Å². The zero-order valence-corrected chi connectivity index (χ0v) is 20.8. The number of hydrogen-bond acceptors (Lipinski definition) is 4. The molecule has 1 aliphatic carbocycles. The second-order valence-electron chi connectivity index (χ2n) is 9.12. The van der Waals surface area contributed by atoms with Crippen molar-refractivity contribution in [1.29, 1.82) is 0 Å². The molecule has 1 aromatic heterocycles. The standard InChI is InChI=1S/C29H33NO4S/c31-28(32)12-2-1-7-18-34-27-11-6-3-8-24(27)20-30(26-9-4-5-10-26)29(33)23-15-13-22(14-16-23)25-17-19-35-21-25/h3,6,8,11,13-17,19,21,26H,1-2,4-5,7,9-10,12,18,20H2,(H,31,32). The Morgan fingerprint density at radius 2 is 1.71 bits per heavy atom. The van der Waals surface area contributed by atoms with E-state index < -0.39 is 5.97 Å². The van der Waals surface area contributed by atoms with Crippen LogP contribution in [-0.4, -0.2) is 34.5 Å². The number of aliphatic carboxylic acids is 1. The Morgan fingerprint density at radius 3 is 2.43 bits per heavy atom. The largest absolute Gasteiger partial charge is 0.493 e. The quantitative estimate of drug-likeness (QED) is 0.276. The lowest BCUT2D eigenvalue weighted by Crippen LogP contribution is -2.38. The van der Waals surface area contributed by atoms with Gasteiger partial charge in [-0.2, -0.15) is 11.3 Å². The molecule has 1 heterocycles. The smallest absolute Gasteiger partial charge is 0.303 e. The van der Waals surface area contributed by atoms with Gasteiger partial charge < -0.3 is 14.7 Å². The van der Waals surface area contributed by atoms with E-state index in [4.69, 9.17) is 9.84 Å². The highest BCUT2D eigenvalue weighted by molar-refractivity contribution is 7.08. The fourth-order valence-corrected chi connectivity index (χ4v) is 5.34. The molecule has 2 aromatic carbocycles. The Hall–Kier alpha value is -3.12. The van der Waals surface area contributed by atoms with Gasteiger partial charge in [-0.3, -0.25) is 9.59 Å². The summed E-state index contributed by atoms with van der Waals surface area (Å²) >= 11 is 1.67. The molecule has 1 saturated carbocycles. The molecule has 6 heteroatoms. The Kier molecular flexibility index (Phi) is 8.96. The molecule has 1 aliphatic rings. The van der Waals surface area contributed by atoms with Crippen molar-refractivity contribution < 1.29 is 19.4 Å². The summed E-state index contributed by atoms with van der Waals surface area (Å²) in [5, 5.41) is 13.0. The minimum atomic E-state index is -0.756. The molecule has 5 nitrogen and oxygen atoms in total. The first-order valence-corrected chi connectivity index (χ1v) is 13.4. The van der Waals surface area contributed by atoms with E-state index in [-0.39, 0.29) is 18.4 Å². The van der Waals surface area contributed by atoms with Crippen LogP contribution in [0.1, 0.15) is 67.3 Å². The van der Waals surface area contributed by atoms with Crippen LogP contribution >= 0.6 is 11.3 Å². The molecular weight excluding hydrogens is 458 g/mol. The summed E-state index contributed by atoms with van der Waals surface area (Å²) < 4.78 is 6.07. The molecule has 0 saturated heterocycles. The number of nitrogens with zero attached hydrogens (tertiary/aromatic N) is 1. The number of thiophene rings is 1. The molecule has 4 rings (SSSR count). The van der Waals surface area contributed by atoms with Crippen LogP contribution in [0.3, 0.4) is 0 Å². The van der Waals surface area contributed by atoms with E-state index in [1.807, 2.05) is 53.4 Å². The van der Waals surface area contributed by atoms with Gasteiger partial charge in [0.2, 0.25) is 0 Å². The monoisotopic (exact) mass is 491 g/mol. The minimum Gasteiger partial charge on any atom is -0.493 e. The highest BCUT2D eigenvalue weighted by Crippen LogP contribution is 2.30. The maximum atomic E-state index is 13.7. The van der Waals surface area contributed by atoms with Crippen molar-refractivity contribution in [1.82, 2.24) is 4.90 Å². The number of carboxylic acids is 1. The second kappa shape index (κ2) is 12.5. The predicted octanol–water partition coefficient (Wildman–Crippen LogP) is 7.02. The molecule has 0 unspecified atom stereocenters. The zero-order valence-electron chi connectivity index (χ0n) is 20.0. The minimum absolute atomic E-state index is 0.0669. The first kappa shape index (κ1) is 25.0. The van der Waals surface area contributed by atoms with E-state index in [9.17, 15) is 9.59 Å². The summed E-state index contributed by atoms with van der Waals surface area (Å²) in [5.74, 6) is 0.112. The van der Waals surface area contributed by atoms with Gasteiger partial charge in [-0.1, -0.05) is 43.2 Å². The lowest BCUT2D eigenvalue weighted by molar-refractivity contribution is -0.137. The molecular formula is C29H33NO4S. The van der Waals surface area contributed by atoms with E-state index in [2.05, 4.69) is 16.8 Å². The number of unbranched alkanes of at least 4 members (excludes halogenated alkanes) is 2. The first-order valence-electron chi connectivity index (χ1n) is 12.5. The topological polar surface area (TPSA) is 66.8 Å². The van der Waals surface area contributed by atoms with Crippen molar-refractivity contribution in [3.63, 3.8) is 0 Å². The number of rotatable bonds is 12. The molecule has 1 fully saturated rings. The van der Waals surface area contributed by atoms with Gasteiger partial charge in [-0.05, 0) is 78.3 Å². The van der Waals surface area contributed by atoms with Gasteiger partial charge in [0.05, 0.1) is 6.61 Å². The number of amides is 1. The number of ether oxygens (including phenoxy) is 1. The van der Waals surface area contributed by atoms with Gasteiger partial charge in [0.25, 0.3) is 5.91 Å². The average molecular weight is 492 g/mol. The van der Waals surface area contributed by atoms with Gasteiger partial charge in [0, 0.05) is 30.1 Å². The second-order valence-corrected chi connectivity index (χ2v) is 9.90. The van der Waals surface area contributed by atoms with Gasteiger partial charge >= 0.3 is 5.97 Å². The van der Waals surface area contributed by atoms with Crippen LogP contribution in [-0.2, 0) is 11.3 Å². The van der Waals surface area contributed by atoms with Crippen molar-refractivity contribution >= 4 is 23.2 Å². The summed E-state index contributed by atoms with van der Waals surface area (Å²) in [5.41, 5.74) is 4.02. The average Bonchev–Trinajstić information content (AvgIpc) is 3.60. The fourth-order valence-electron chi connectivity index (χ4n) is 4.68. The number of hydrogen-bond donors (Lipinski definition) is 1. The first-order chi connectivity index (χ1) is 17.1. The van der Waals surface area contributed by atoms with Crippen LogP contribution in [0.25, 0.3) is 11.1 Å². The third kappa shape index (κ3) is 6.95. The number of carbonyl (C=O) groups excluding carboxylic acids is 1. The Bertz CT molecular complexity index is 1090. The maximum absolute atomic E-state index is 13.7. The van der Waals surface area contributed by atoms with Crippen LogP contribution in [0.2, 0.25) is 0 Å². The Balaban J connectivity index is 1.44. The summed E-state index contributed by atoms with van der Waals surface area (Å²) in [6, 6.07) is 18.2. The maximum Gasteiger partial charge on any atom is 0.303 e. The van der Waals surface area contributed by atoms with Crippen LogP contribution in [0.4, 0.5) is 0 Å². The Labute approximate surface area is 211 Å². The number of carboxylic acid groups (broad SMARTS) is 1. The van der Waals surface area contributed by atoms with Crippen LogP contribution in [0.5, 0.6) is 5.75 Å². The highest BCUT2D eigenvalue weighted by atomic mass is 32.1. The normalized spacial score (nSPS) is 13.6. The van der Waals surface area contributed by atoms with Crippen LogP contribution in [0.15, 0.2) is 65.4 Å². The fraction of sp³-hybridized carbons (Fsp3) is 0.379. The van der Waals surface area contributed by atoms with Gasteiger partial charge in [-0.25, -0.2) is 0 Å². The summed E-state index contributed by atoms with van der Waals surface area (Å²) in [4.78, 5) is 26.4. The summed E-state index contributed by atoms with van der Waals surface area (Å²) in [6.45, 7) is 1.06. The number of carbonyl (C=O) groups is 2. The molecule has 0 aliphatic heterocycles. The molecule has 3 aromatic rings. The molecule has 0 bridgehead atoms. The third-order valence-corrected chi connectivity index (χ3v) is 7.30. The SMILES string of the molecule is O=C(O)CCCCCOc1ccccc1CN(C(=O)c1ccc(-c2ccsc2)cc1)C1CCCC1. The molecule has 0 atom stereocenters. The van der Waals surface area contributed by atoms with Crippen molar-refractivity contribution in [2.24, 2.45) is 0 Å². The highest BCUT2D eigenvalue weighted by Gasteiger charge is 2.28. The summed E-state index contributed by atoms with van der Waals surface area (Å²) in [6.07, 6.45) is 6.86. The van der Waals surface area contributed by atoms with Gasteiger partial charge in [0.15, 0.2) is 0 Å². The van der Waals surface area contributed by atoms with E-state index in [1.165, 1.54) is 5.56 Å². The third-order valence-electron chi connectivity index (χ3n) is 6.62. The summed E-state index contributed by atoms with van der Waals surface area (Å²) in [7, 11) is 0. The van der Waals surface area contributed by atoms with Crippen LogP contribution in [0, 0.1) is 0 Å². The Morgan fingerprint density at radius 1 is 0.943 bits per heavy atom. The van der Waals surface area contributed by atoms with E-state index in [1.54, 1.807) is 11.3 Å². The molecule has 0 spiro atoms. The lowest BCUT2D eigenvalue weighted by atomic mass is 10.0. The molecule has 1 N–H and O–H groups in total. The van der Waals surface area contributed by atoms with Gasteiger partial charge in [0.1, 0.15) is 5.75 Å². The molecule has 184 valence electrons. The molecule has 35 heavy (non-hydrogen) atoms. The predicted molar refractivity (Wildman–Crippen MR) is 140 cm³/mol. The van der Waals surface area contributed by atoms with E-state index in [0.29, 0.717) is 25.1 Å². The molecule has 0 radical (unpaired) electrons. The van der Waals surface area contributed by atoms with E-state index >= 15 is 0 Å². The van der Waals surface area contributed by atoms with Crippen molar-refractivity contribution in [3.05, 3.63) is 76.5 Å². The van der Waals surface area contributed by atoms with Gasteiger partial charge in [-0.15, -0.1) is 0 Å². The lowest BCUT2D eigenvalue weighted by Gasteiger charge is -2.30. The molecule has 1 amide bonds. The van der Waals surface area contributed by atoms with Crippen LogP contribution < -0.4 is 4.74 Å². The number of para-hydroxylation sites is 1. The van der Waals surface area contributed by atoms with Crippen molar-refractivity contribution in [3.8, 4) is 16.9 Å². The van der Waals surface area contributed by atoms with E-state index in [0.717, 1.165) is 55.4 Å².